The molecule has 0 aliphatic rings. The van der Waals surface area contributed by atoms with Crippen molar-refractivity contribution < 1.29 is 9.47 Å². The number of benzene rings is 1. The topological polar surface area (TPSA) is 67.8 Å². The molecule has 0 amide bonds. The smallest absolute Gasteiger partial charge is 0.191 e. The normalized spacial score (nSPS) is 11.0. The van der Waals surface area contributed by atoms with Crippen molar-refractivity contribution in [1.29, 1.82) is 0 Å². The predicted octanol–water partition coefficient (Wildman–Crippen LogP) is 4.07. The van der Waals surface area contributed by atoms with E-state index in [1.165, 1.54) is 10.4 Å². The summed E-state index contributed by atoms with van der Waals surface area (Å²) in [5.74, 6) is 2.41. The molecular weight excluding hydrogens is 499 g/mol. The van der Waals surface area contributed by atoms with E-state index in [4.69, 9.17) is 9.47 Å². The average Bonchev–Trinajstić information content (AvgIpc) is 3.17. The summed E-state index contributed by atoms with van der Waals surface area (Å²) in [6.07, 6.45) is 4.80. The molecule has 0 unspecified atom stereocenters. The molecule has 2 rings (SSSR count). The number of halogens is 1. The van der Waals surface area contributed by atoms with Crippen molar-refractivity contribution in [1.82, 2.24) is 15.6 Å². The van der Waals surface area contributed by atoms with Crippen LogP contribution in [0.3, 0.4) is 0 Å². The molecule has 1 aromatic carbocycles. The van der Waals surface area contributed by atoms with Crippen LogP contribution in [0.2, 0.25) is 0 Å². The molecule has 1 aromatic heterocycles. The quantitative estimate of drug-likeness (QED) is 0.260. The second-order valence-electron chi connectivity index (χ2n) is 6.15. The maximum absolute atomic E-state index is 5.70. The third-order valence-corrected chi connectivity index (χ3v) is 5.32. The van der Waals surface area contributed by atoms with E-state index in [1.807, 2.05) is 26.1 Å². The largest absolute Gasteiger partial charge is 0.490 e. The fourth-order valence-electron chi connectivity index (χ4n) is 2.71. The molecule has 0 atom stereocenters. The van der Waals surface area contributed by atoms with Crippen LogP contribution >= 0.6 is 35.3 Å². The Morgan fingerprint density at radius 3 is 2.34 bits per heavy atom. The van der Waals surface area contributed by atoms with Crippen molar-refractivity contribution >= 4 is 41.3 Å². The van der Waals surface area contributed by atoms with E-state index in [0.717, 1.165) is 54.8 Å². The third kappa shape index (κ3) is 8.77. The number of thiazole rings is 1. The van der Waals surface area contributed by atoms with E-state index in [0.29, 0.717) is 13.2 Å². The van der Waals surface area contributed by atoms with Gasteiger partial charge in [-0.15, -0.1) is 35.3 Å². The molecule has 6 nitrogen and oxygen atoms in total. The lowest BCUT2D eigenvalue weighted by Gasteiger charge is -2.14. The Kier molecular flexibility index (Phi) is 12.7. The molecule has 2 N–H and O–H groups in total. The van der Waals surface area contributed by atoms with E-state index < -0.39 is 0 Å². The second kappa shape index (κ2) is 14.4. The summed E-state index contributed by atoms with van der Waals surface area (Å²) in [7, 11) is 1.79. The number of hydrogen-bond acceptors (Lipinski definition) is 5. The number of guanidine groups is 1. The van der Waals surface area contributed by atoms with Crippen molar-refractivity contribution in [2.45, 2.75) is 40.0 Å². The van der Waals surface area contributed by atoms with Crippen LogP contribution in [0.5, 0.6) is 11.5 Å². The van der Waals surface area contributed by atoms with Crippen LogP contribution < -0.4 is 20.1 Å². The van der Waals surface area contributed by atoms with E-state index >= 15 is 0 Å². The summed E-state index contributed by atoms with van der Waals surface area (Å²) < 4.78 is 11.3. The lowest BCUT2D eigenvalue weighted by Crippen LogP contribution is -2.39. The van der Waals surface area contributed by atoms with Gasteiger partial charge in [0.05, 0.1) is 18.2 Å². The Morgan fingerprint density at radius 2 is 1.72 bits per heavy atom. The molecule has 1 heterocycles. The van der Waals surface area contributed by atoms with Gasteiger partial charge in [0.1, 0.15) is 0 Å². The van der Waals surface area contributed by atoms with Crippen molar-refractivity contribution in [3.8, 4) is 11.5 Å². The van der Waals surface area contributed by atoms with Gasteiger partial charge >= 0.3 is 0 Å². The molecule has 0 spiro atoms. The highest BCUT2D eigenvalue weighted by Crippen LogP contribution is 2.28. The molecule has 29 heavy (non-hydrogen) atoms. The molecule has 8 heteroatoms. The molecule has 0 saturated heterocycles. The minimum absolute atomic E-state index is 0. The summed E-state index contributed by atoms with van der Waals surface area (Å²) in [6.45, 7) is 8.96. The standard InChI is InChI=1S/C21H32N4O2S.HI/c1-5-17-15-25-20(28-17)11-13-24-21(22-4)23-12-10-16-8-9-18(26-6-2)19(14-16)27-7-3;/h8-9,14-15H,5-7,10-13H2,1-4H3,(H2,22,23,24);1H. The molecule has 0 aliphatic heterocycles. The van der Waals surface area contributed by atoms with Crippen LogP contribution in [0.25, 0.3) is 0 Å². The van der Waals surface area contributed by atoms with Crippen LogP contribution in [0.15, 0.2) is 29.4 Å². The van der Waals surface area contributed by atoms with Crippen molar-refractivity contribution in [3.63, 3.8) is 0 Å². The second-order valence-corrected chi connectivity index (χ2v) is 7.35. The molecule has 0 bridgehead atoms. The minimum Gasteiger partial charge on any atom is -0.490 e. The first-order valence-electron chi connectivity index (χ1n) is 9.96. The highest BCUT2D eigenvalue weighted by Gasteiger charge is 2.07. The van der Waals surface area contributed by atoms with Gasteiger partial charge in [0.25, 0.3) is 0 Å². The summed E-state index contributed by atoms with van der Waals surface area (Å²) >= 11 is 1.78. The maximum Gasteiger partial charge on any atom is 0.191 e. The van der Waals surface area contributed by atoms with Gasteiger partial charge in [-0.2, -0.15) is 0 Å². The van der Waals surface area contributed by atoms with Crippen molar-refractivity contribution in [3.05, 3.63) is 39.8 Å². The van der Waals surface area contributed by atoms with Gasteiger partial charge in [-0.1, -0.05) is 13.0 Å². The zero-order chi connectivity index (χ0) is 20.2. The SMILES string of the molecule is CCOc1ccc(CCNC(=NC)NCCc2ncc(CC)s2)cc1OCC.I. The van der Waals surface area contributed by atoms with E-state index in [1.54, 1.807) is 18.4 Å². The summed E-state index contributed by atoms with van der Waals surface area (Å²) in [5, 5.41) is 7.88. The number of nitrogens with one attached hydrogen (secondary N) is 2. The van der Waals surface area contributed by atoms with Gasteiger partial charge < -0.3 is 20.1 Å². The highest BCUT2D eigenvalue weighted by molar-refractivity contribution is 14.0. The minimum atomic E-state index is 0. The van der Waals surface area contributed by atoms with Crippen LogP contribution in [-0.2, 0) is 19.3 Å². The number of hydrogen-bond donors (Lipinski definition) is 2. The molecular formula is C21H33IN4O2S. The summed E-state index contributed by atoms with van der Waals surface area (Å²) in [6, 6.07) is 6.12. The van der Waals surface area contributed by atoms with Crippen molar-refractivity contribution in [2.75, 3.05) is 33.4 Å². The Balaban J connectivity index is 0.00000420. The zero-order valence-electron chi connectivity index (χ0n) is 17.8. The lowest BCUT2D eigenvalue weighted by atomic mass is 10.1. The van der Waals surface area contributed by atoms with Gasteiger partial charge in [-0.05, 0) is 44.4 Å². The number of ether oxygens (including phenoxy) is 2. The number of nitrogens with zero attached hydrogens (tertiary/aromatic N) is 2. The van der Waals surface area contributed by atoms with E-state index in [9.17, 15) is 0 Å². The van der Waals surface area contributed by atoms with E-state index in [2.05, 4.69) is 39.7 Å². The number of rotatable bonds is 11. The Bertz CT molecular complexity index is 752. The molecule has 0 radical (unpaired) electrons. The van der Waals surface area contributed by atoms with Crippen LogP contribution in [0.1, 0.15) is 36.2 Å². The molecule has 162 valence electrons. The fourth-order valence-corrected chi connectivity index (χ4v) is 3.57. The van der Waals surface area contributed by atoms with Gasteiger partial charge in [0, 0.05) is 37.6 Å². The van der Waals surface area contributed by atoms with Gasteiger partial charge in [0.2, 0.25) is 0 Å². The first-order valence-corrected chi connectivity index (χ1v) is 10.8. The molecule has 0 saturated carbocycles. The van der Waals surface area contributed by atoms with Crippen molar-refractivity contribution in [2.24, 2.45) is 4.99 Å². The lowest BCUT2D eigenvalue weighted by molar-refractivity contribution is 0.287. The Labute approximate surface area is 195 Å². The van der Waals surface area contributed by atoms with Crippen LogP contribution in [-0.4, -0.2) is 44.3 Å². The molecule has 0 fully saturated rings. The Hall–Kier alpha value is -1.55. The number of aliphatic imine (C=N–C) groups is 1. The Morgan fingerprint density at radius 1 is 1.03 bits per heavy atom. The number of aromatic nitrogens is 1. The highest BCUT2D eigenvalue weighted by atomic mass is 127. The zero-order valence-corrected chi connectivity index (χ0v) is 20.9. The number of aryl methyl sites for hydroxylation is 1. The first kappa shape index (κ1) is 25.5. The fraction of sp³-hybridized carbons (Fsp3) is 0.524. The van der Waals surface area contributed by atoms with Gasteiger partial charge in [-0.3, -0.25) is 4.99 Å². The van der Waals surface area contributed by atoms with Crippen LogP contribution in [0, 0.1) is 0 Å². The predicted molar refractivity (Wildman–Crippen MR) is 132 cm³/mol. The molecule has 2 aromatic rings. The summed E-state index contributed by atoms with van der Waals surface area (Å²) in [5.41, 5.74) is 1.20. The van der Waals surface area contributed by atoms with E-state index in [-0.39, 0.29) is 24.0 Å². The first-order chi connectivity index (χ1) is 13.7. The molecule has 0 aliphatic carbocycles. The van der Waals surface area contributed by atoms with Crippen LogP contribution in [0.4, 0.5) is 0 Å². The van der Waals surface area contributed by atoms with Gasteiger partial charge in [-0.25, -0.2) is 4.98 Å². The maximum atomic E-state index is 5.70. The third-order valence-electron chi connectivity index (χ3n) is 4.12. The van der Waals surface area contributed by atoms with Gasteiger partial charge in [0.15, 0.2) is 17.5 Å². The summed E-state index contributed by atoms with van der Waals surface area (Å²) in [4.78, 5) is 10.1. The monoisotopic (exact) mass is 532 g/mol. The average molecular weight is 532 g/mol.